The first kappa shape index (κ1) is 14.7. The van der Waals surface area contributed by atoms with E-state index in [2.05, 4.69) is 20.0 Å². The highest BCUT2D eigenvalue weighted by molar-refractivity contribution is 5.85. The quantitative estimate of drug-likeness (QED) is 0.797. The molecule has 0 unspecified atom stereocenters. The molecule has 0 aliphatic heterocycles. The van der Waals surface area contributed by atoms with Gasteiger partial charge in [0.1, 0.15) is 5.82 Å². The van der Waals surface area contributed by atoms with E-state index in [1.54, 1.807) is 6.07 Å². The van der Waals surface area contributed by atoms with Gasteiger partial charge in [0.2, 0.25) is 5.82 Å². The molecule has 6 nitrogen and oxygen atoms in total. The van der Waals surface area contributed by atoms with Crippen LogP contribution in [-0.2, 0) is 4.74 Å². The number of hydrogen-bond donors (Lipinski definition) is 2. The molecule has 1 saturated carbocycles. The first-order valence-corrected chi connectivity index (χ1v) is 6.95. The molecule has 2 rings (SSSR count). The largest absolute Gasteiger partial charge is 0.463 e. The summed E-state index contributed by atoms with van der Waals surface area (Å²) in [4.78, 5) is 19.4. The molecule has 0 spiro atoms. The molecule has 0 amide bonds. The van der Waals surface area contributed by atoms with Gasteiger partial charge in [-0.05, 0) is 18.9 Å². The maximum Gasteiger partial charge on any atom is 0.376 e. The Labute approximate surface area is 118 Å². The van der Waals surface area contributed by atoms with Crippen molar-refractivity contribution in [1.29, 1.82) is 0 Å². The molecule has 0 aromatic carbocycles. The van der Waals surface area contributed by atoms with Crippen LogP contribution in [-0.4, -0.2) is 41.3 Å². The molecular formula is C14H21N3O3. The minimum Gasteiger partial charge on any atom is -0.463 e. The van der Waals surface area contributed by atoms with E-state index in [0.29, 0.717) is 12.4 Å². The van der Waals surface area contributed by atoms with Gasteiger partial charge in [-0.2, -0.15) is 0 Å². The van der Waals surface area contributed by atoms with Crippen LogP contribution in [0.1, 0.15) is 42.7 Å². The van der Waals surface area contributed by atoms with Gasteiger partial charge in [-0.1, -0.05) is 19.3 Å². The first-order valence-electron chi connectivity index (χ1n) is 6.95. The van der Waals surface area contributed by atoms with Crippen LogP contribution in [0.2, 0.25) is 0 Å². The third-order valence-electron chi connectivity index (χ3n) is 3.92. The van der Waals surface area contributed by atoms with Gasteiger partial charge in [-0.25, -0.2) is 14.8 Å². The van der Waals surface area contributed by atoms with Crippen molar-refractivity contribution in [2.45, 2.75) is 32.1 Å². The SMILES string of the molecule is COC(=O)c1nccc(NCC2(CO)CCCCC2)n1. The van der Waals surface area contributed by atoms with Gasteiger partial charge in [0.05, 0.1) is 13.7 Å². The molecule has 0 radical (unpaired) electrons. The van der Waals surface area contributed by atoms with Gasteiger partial charge < -0.3 is 15.2 Å². The van der Waals surface area contributed by atoms with Gasteiger partial charge >= 0.3 is 5.97 Å². The summed E-state index contributed by atoms with van der Waals surface area (Å²) in [6.45, 7) is 0.829. The molecule has 6 heteroatoms. The number of aromatic nitrogens is 2. The summed E-state index contributed by atoms with van der Waals surface area (Å²) in [6.07, 6.45) is 7.10. The number of carbonyl (C=O) groups excluding carboxylic acids is 1. The van der Waals surface area contributed by atoms with Crippen LogP contribution in [0.25, 0.3) is 0 Å². The maximum atomic E-state index is 11.4. The van der Waals surface area contributed by atoms with E-state index in [1.807, 2.05) is 0 Å². The van der Waals surface area contributed by atoms with E-state index in [1.165, 1.54) is 19.7 Å². The number of nitrogens with zero attached hydrogens (tertiary/aromatic N) is 2. The van der Waals surface area contributed by atoms with Crippen molar-refractivity contribution >= 4 is 11.8 Å². The molecule has 0 atom stereocenters. The predicted octanol–water partition coefficient (Wildman–Crippen LogP) is 1.62. The second kappa shape index (κ2) is 6.65. The lowest BCUT2D eigenvalue weighted by atomic mass is 9.74. The van der Waals surface area contributed by atoms with Gasteiger partial charge in [-0.3, -0.25) is 0 Å². The molecule has 1 aromatic rings. The first-order chi connectivity index (χ1) is 9.69. The van der Waals surface area contributed by atoms with Gasteiger partial charge in [0, 0.05) is 18.2 Å². The smallest absolute Gasteiger partial charge is 0.376 e. The molecule has 1 aliphatic carbocycles. The normalized spacial score (nSPS) is 17.5. The highest BCUT2D eigenvalue weighted by atomic mass is 16.5. The third kappa shape index (κ3) is 3.45. The minimum absolute atomic E-state index is 0.0409. The summed E-state index contributed by atoms with van der Waals surface area (Å²) in [6, 6.07) is 1.71. The Morgan fingerprint density at radius 3 is 2.85 bits per heavy atom. The highest BCUT2D eigenvalue weighted by Gasteiger charge is 2.31. The summed E-state index contributed by atoms with van der Waals surface area (Å²) in [5, 5.41) is 12.9. The fourth-order valence-electron chi connectivity index (χ4n) is 2.62. The van der Waals surface area contributed by atoms with Crippen LogP contribution in [0.4, 0.5) is 5.82 Å². The number of aliphatic hydroxyl groups is 1. The fourth-order valence-corrected chi connectivity index (χ4v) is 2.62. The number of rotatable bonds is 5. The Hall–Kier alpha value is -1.69. The highest BCUT2D eigenvalue weighted by Crippen LogP contribution is 2.35. The Morgan fingerprint density at radius 2 is 2.20 bits per heavy atom. The molecular weight excluding hydrogens is 258 g/mol. The number of nitrogens with one attached hydrogen (secondary N) is 1. The van der Waals surface area contributed by atoms with Crippen molar-refractivity contribution in [3.8, 4) is 0 Å². The molecule has 1 fully saturated rings. The standard InChI is InChI=1S/C14H21N3O3/c1-20-13(19)12-15-8-5-11(17-12)16-9-14(10-18)6-3-2-4-7-14/h5,8,18H,2-4,6-7,9-10H2,1H3,(H,15,16,17). The predicted molar refractivity (Wildman–Crippen MR) is 74.5 cm³/mol. The Balaban J connectivity index is 2.01. The molecule has 1 heterocycles. The van der Waals surface area contributed by atoms with E-state index in [-0.39, 0.29) is 17.8 Å². The van der Waals surface area contributed by atoms with Crippen LogP contribution in [0, 0.1) is 5.41 Å². The van der Waals surface area contributed by atoms with Crippen molar-refractivity contribution in [3.63, 3.8) is 0 Å². The van der Waals surface area contributed by atoms with E-state index < -0.39 is 5.97 Å². The Kier molecular flexibility index (Phi) is 4.89. The van der Waals surface area contributed by atoms with Gasteiger partial charge in [0.15, 0.2) is 0 Å². The number of anilines is 1. The van der Waals surface area contributed by atoms with Crippen molar-refractivity contribution in [2.24, 2.45) is 5.41 Å². The van der Waals surface area contributed by atoms with E-state index in [0.717, 1.165) is 25.7 Å². The number of aliphatic hydroxyl groups excluding tert-OH is 1. The second-order valence-electron chi connectivity index (χ2n) is 5.33. The average molecular weight is 279 g/mol. The summed E-state index contributed by atoms with van der Waals surface area (Å²) in [5.74, 6) is 0.0705. The lowest BCUT2D eigenvalue weighted by Crippen LogP contribution is -2.35. The average Bonchev–Trinajstić information content (AvgIpc) is 2.53. The summed E-state index contributed by atoms with van der Waals surface area (Å²) < 4.78 is 4.60. The number of ether oxygens (including phenoxy) is 1. The Bertz CT molecular complexity index is 459. The molecule has 1 aromatic heterocycles. The number of carbonyl (C=O) groups is 1. The Morgan fingerprint density at radius 1 is 1.45 bits per heavy atom. The molecule has 110 valence electrons. The molecule has 0 saturated heterocycles. The summed E-state index contributed by atoms with van der Waals surface area (Å²) >= 11 is 0. The van der Waals surface area contributed by atoms with Crippen LogP contribution in [0.5, 0.6) is 0 Å². The molecule has 1 aliphatic rings. The van der Waals surface area contributed by atoms with E-state index in [4.69, 9.17) is 0 Å². The second-order valence-corrected chi connectivity index (χ2v) is 5.33. The van der Waals surface area contributed by atoms with Crippen LogP contribution >= 0.6 is 0 Å². The number of methoxy groups -OCH3 is 1. The van der Waals surface area contributed by atoms with Crippen molar-refractivity contribution in [1.82, 2.24) is 9.97 Å². The van der Waals surface area contributed by atoms with Gasteiger partial charge in [-0.15, -0.1) is 0 Å². The number of esters is 1. The van der Waals surface area contributed by atoms with Crippen molar-refractivity contribution in [2.75, 3.05) is 25.6 Å². The van der Waals surface area contributed by atoms with Crippen LogP contribution < -0.4 is 5.32 Å². The fraction of sp³-hybridized carbons (Fsp3) is 0.643. The topological polar surface area (TPSA) is 84.3 Å². The van der Waals surface area contributed by atoms with Crippen LogP contribution in [0.3, 0.4) is 0 Å². The molecule has 0 bridgehead atoms. The summed E-state index contributed by atoms with van der Waals surface area (Å²) in [7, 11) is 1.30. The third-order valence-corrected chi connectivity index (χ3v) is 3.92. The van der Waals surface area contributed by atoms with E-state index >= 15 is 0 Å². The molecule has 2 N–H and O–H groups in total. The van der Waals surface area contributed by atoms with Crippen LogP contribution in [0.15, 0.2) is 12.3 Å². The minimum atomic E-state index is -0.553. The monoisotopic (exact) mass is 279 g/mol. The lowest BCUT2D eigenvalue weighted by Gasteiger charge is -2.35. The lowest BCUT2D eigenvalue weighted by molar-refractivity contribution is 0.0586. The van der Waals surface area contributed by atoms with Crippen molar-refractivity contribution < 1.29 is 14.6 Å². The maximum absolute atomic E-state index is 11.4. The number of hydrogen-bond acceptors (Lipinski definition) is 6. The zero-order valence-corrected chi connectivity index (χ0v) is 11.8. The molecule has 20 heavy (non-hydrogen) atoms. The van der Waals surface area contributed by atoms with E-state index in [9.17, 15) is 9.90 Å². The zero-order chi connectivity index (χ0) is 14.4. The summed E-state index contributed by atoms with van der Waals surface area (Å²) in [5.41, 5.74) is -0.0748. The zero-order valence-electron chi connectivity index (χ0n) is 11.8. The van der Waals surface area contributed by atoms with Crippen molar-refractivity contribution in [3.05, 3.63) is 18.1 Å². The van der Waals surface area contributed by atoms with Gasteiger partial charge in [0.25, 0.3) is 0 Å².